The van der Waals surface area contributed by atoms with Crippen LogP contribution < -0.4 is 10.1 Å². The molecule has 8 heteroatoms. The van der Waals surface area contributed by atoms with Crippen LogP contribution in [0.4, 0.5) is 5.82 Å². The fourth-order valence-electron chi connectivity index (χ4n) is 2.48. The molecule has 0 aliphatic rings. The molecule has 3 rings (SSSR count). The van der Waals surface area contributed by atoms with Crippen LogP contribution in [0.3, 0.4) is 0 Å². The van der Waals surface area contributed by atoms with Crippen LogP contribution in [0.1, 0.15) is 11.4 Å². The third-order valence-corrected chi connectivity index (χ3v) is 4.26. The fraction of sp³-hybridized carbons (Fsp3) is 0.105. The Kier molecular flexibility index (Phi) is 5.78. The van der Waals surface area contributed by atoms with Gasteiger partial charge in [-0.3, -0.25) is 0 Å². The Hall–Kier alpha value is -2.83. The van der Waals surface area contributed by atoms with Gasteiger partial charge in [0.2, 0.25) is 0 Å². The maximum absolute atomic E-state index is 10.8. The second kappa shape index (κ2) is 8.24. The molecule has 0 bridgehead atoms. The number of aromatic nitrogens is 2. The fourth-order valence-corrected chi connectivity index (χ4v) is 2.93. The summed E-state index contributed by atoms with van der Waals surface area (Å²) in [5.41, 5.74) is 1.58. The van der Waals surface area contributed by atoms with E-state index in [0.29, 0.717) is 33.7 Å². The van der Waals surface area contributed by atoms with Gasteiger partial charge in [0.05, 0.1) is 17.6 Å². The van der Waals surface area contributed by atoms with Crippen molar-refractivity contribution in [2.24, 2.45) is 0 Å². The molecule has 27 heavy (non-hydrogen) atoms. The minimum atomic E-state index is -1.07. The van der Waals surface area contributed by atoms with Crippen LogP contribution in [0.25, 0.3) is 17.0 Å². The average molecular weight is 404 g/mol. The van der Waals surface area contributed by atoms with E-state index in [1.165, 1.54) is 6.08 Å². The van der Waals surface area contributed by atoms with Gasteiger partial charge in [-0.2, -0.15) is 0 Å². The van der Waals surface area contributed by atoms with Crippen LogP contribution in [-0.2, 0) is 11.3 Å². The molecule has 3 aromatic rings. The van der Waals surface area contributed by atoms with Crippen molar-refractivity contribution in [3.63, 3.8) is 0 Å². The number of anilines is 1. The second-order valence-electron chi connectivity index (χ2n) is 5.59. The molecule has 1 heterocycles. The first-order chi connectivity index (χ1) is 13.0. The van der Waals surface area contributed by atoms with Gasteiger partial charge in [0.1, 0.15) is 11.6 Å². The summed E-state index contributed by atoms with van der Waals surface area (Å²) in [5.74, 6) is 0.347. The molecule has 0 atom stereocenters. The quantitative estimate of drug-likeness (QED) is 0.582. The Balaban J connectivity index is 1.94. The first-order valence-corrected chi connectivity index (χ1v) is 8.66. The van der Waals surface area contributed by atoms with Crippen molar-refractivity contribution >= 4 is 52.0 Å². The highest BCUT2D eigenvalue weighted by molar-refractivity contribution is 6.32. The molecule has 6 nitrogen and oxygen atoms in total. The normalized spacial score (nSPS) is 11.1. The van der Waals surface area contributed by atoms with Crippen LogP contribution >= 0.6 is 23.2 Å². The number of ether oxygens (including phenoxy) is 1. The van der Waals surface area contributed by atoms with Crippen LogP contribution in [0, 0.1) is 0 Å². The zero-order chi connectivity index (χ0) is 19.4. The monoisotopic (exact) mass is 403 g/mol. The molecule has 0 aliphatic heterocycles. The molecular formula is C19H15Cl2N3O3. The van der Waals surface area contributed by atoms with Gasteiger partial charge in [0, 0.05) is 23.0 Å². The summed E-state index contributed by atoms with van der Waals surface area (Å²) in [7, 11) is 1.56. The Labute approximate surface area is 165 Å². The van der Waals surface area contributed by atoms with Crippen molar-refractivity contribution in [2.45, 2.75) is 6.54 Å². The van der Waals surface area contributed by atoms with Crippen molar-refractivity contribution in [1.82, 2.24) is 9.97 Å². The number of benzene rings is 2. The molecule has 0 radical (unpaired) electrons. The highest BCUT2D eigenvalue weighted by Gasteiger charge is 2.09. The minimum Gasteiger partial charge on any atom is -0.495 e. The van der Waals surface area contributed by atoms with Crippen LogP contribution in [0.5, 0.6) is 5.75 Å². The SMILES string of the molecule is COc1ccc(CNc2nc(C=CC(=O)O)nc3ccc(Cl)cc23)cc1Cl. The zero-order valence-corrected chi connectivity index (χ0v) is 15.8. The number of aliphatic carboxylic acids is 1. The topological polar surface area (TPSA) is 84.3 Å². The number of halogens is 2. The number of carboxylic acid groups (broad SMARTS) is 1. The molecule has 1 aromatic heterocycles. The maximum atomic E-state index is 10.8. The molecule has 0 amide bonds. The van der Waals surface area contributed by atoms with E-state index in [4.69, 9.17) is 33.0 Å². The van der Waals surface area contributed by atoms with E-state index in [1.807, 2.05) is 6.07 Å². The first kappa shape index (κ1) is 18.9. The van der Waals surface area contributed by atoms with Gasteiger partial charge in [-0.25, -0.2) is 14.8 Å². The largest absolute Gasteiger partial charge is 0.495 e. The molecule has 2 N–H and O–H groups in total. The van der Waals surface area contributed by atoms with Crippen LogP contribution in [-0.4, -0.2) is 28.2 Å². The van der Waals surface area contributed by atoms with Gasteiger partial charge in [0.25, 0.3) is 0 Å². The lowest BCUT2D eigenvalue weighted by atomic mass is 10.2. The Morgan fingerprint density at radius 1 is 1.22 bits per heavy atom. The van der Waals surface area contributed by atoms with E-state index in [0.717, 1.165) is 17.0 Å². The highest BCUT2D eigenvalue weighted by Crippen LogP contribution is 2.27. The van der Waals surface area contributed by atoms with Gasteiger partial charge in [-0.15, -0.1) is 0 Å². The number of carboxylic acids is 1. The van der Waals surface area contributed by atoms with Crippen molar-refractivity contribution in [2.75, 3.05) is 12.4 Å². The molecule has 0 fully saturated rings. The van der Waals surface area contributed by atoms with Crippen molar-refractivity contribution < 1.29 is 14.6 Å². The predicted molar refractivity (Wildman–Crippen MR) is 107 cm³/mol. The number of hydrogen-bond acceptors (Lipinski definition) is 5. The summed E-state index contributed by atoms with van der Waals surface area (Å²) in [6, 6.07) is 10.7. The maximum Gasteiger partial charge on any atom is 0.328 e. The van der Waals surface area contributed by atoms with Gasteiger partial charge >= 0.3 is 5.97 Å². The van der Waals surface area contributed by atoms with Crippen LogP contribution in [0.2, 0.25) is 10.0 Å². The molecule has 0 saturated heterocycles. The number of hydrogen-bond donors (Lipinski definition) is 2. The van der Waals surface area contributed by atoms with Gasteiger partial charge in [-0.05, 0) is 42.0 Å². The summed E-state index contributed by atoms with van der Waals surface area (Å²) in [5, 5.41) is 13.8. The zero-order valence-electron chi connectivity index (χ0n) is 14.2. The first-order valence-electron chi connectivity index (χ1n) is 7.91. The average Bonchev–Trinajstić information content (AvgIpc) is 2.64. The van der Waals surface area contributed by atoms with E-state index in [1.54, 1.807) is 37.4 Å². The van der Waals surface area contributed by atoms with Gasteiger partial charge < -0.3 is 15.2 Å². The van der Waals surface area contributed by atoms with Gasteiger partial charge in [-0.1, -0.05) is 29.3 Å². The molecule has 138 valence electrons. The Morgan fingerprint density at radius 2 is 2.04 bits per heavy atom. The molecule has 0 aliphatic carbocycles. The molecule has 0 spiro atoms. The van der Waals surface area contributed by atoms with E-state index in [2.05, 4.69) is 15.3 Å². The number of fused-ring (bicyclic) bond motifs is 1. The lowest BCUT2D eigenvalue weighted by Crippen LogP contribution is -2.04. The number of carbonyl (C=O) groups is 1. The minimum absolute atomic E-state index is 0.280. The number of nitrogens with zero attached hydrogens (tertiary/aromatic N) is 2. The third kappa shape index (κ3) is 4.67. The smallest absolute Gasteiger partial charge is 0.328 e. The van der Waals surface area contributed by atoms with E-state index >= 15 is 0 Å². The predicted octanol–water partition coefficient (Wildman–Crippen LogP) is 4.66. The third-order valence-electron chi connectivity index (χ3n) is 3.73. The lowest BCUT2D eigenvalue weighted by Gasteiger charge is -2.11. The molecule has 2 aromatic carbocycles. The van der Waals surface area contributed by atoms with E-state index in [9.17, 15) is 4.79 Å². The Bertz CT molecular complexity index is 1040. The van der Waals surface area contributed by atoms with Crippen molar-refractivity contribution in [3.8, 4) is 5.75 Å². The molecular weight excluding hydrogens is 389 g/mol. The highest BCUT2D eigenvalue weighted by atomic mass is 35.5. The van der Waals surface area contributed by atoms with E-state index < -0.39 is 5.97 Å². The standard InChI is InChI=1S/C19H15Cl2N3O3/c1-27-16-5-2-11(8-14(16)21)10-22-19-13-9-12(20)3-4-15(13)23-17(24-19)6-7-18(25)26/h2-9H,10H2,1H3,(H,25,26)(H,22,23,24). The lowest BCUT2D eigenvalue weighted by molar-refractivity contribution is -0.131. The summed E-state index contributed by atoms with van der Waals surface area (Å²) >= 11 is 12.3. The van der Waals surface area contributed by atoms with E-state index in [-0.39, 0.29) is 5.82 Å². The summed E-state index contributed by atoms with van der Waals surface area (Å²) in [6.07, 6.45) is 2.33. The number of methoxy groups -OCH3 is 1. The summed E-state index contributed by atoms with van der Waals surface area (Å²) < 4.78 is 5.15. The molecule has 0 saturated carbocycles. The van der Waals surface area contributed by atoms with Crippen LogP contribution in [0.15, 0.2) is 42.5 Å². The van der Waals surface area contributed by atoms with Gasteiger partial charge in [0.15, 0.2) is 5.82 Å². The van der Waals surface area contributed by atoms with Crippen molar-refractivity contribution in [3.05, 3.63) is 63.9 Å². The summed E-state index contributed by atoms with van der Waals surface area (Å²) in [6.45, 7) is 0.449. The summed E-state index contributed by atoms with van der Waals surface area (Å²) in [4.78, 5) is 19.5. The Morgan fingerprint density at radius 3 is 2.74 bits per heavy atom. The second-order valence-corrected chi connectivity index (χ2v) is 6.43. The number of rotatable bonds is 6. The van der Waals surface area contributed by atoms with Crippen molar-refractivity contribution in [1.29, 1.82) is 0 Å². The number of nitrogens with one attached hydrogen (secondary N) is 1. The molecule has 0 unspecified atom stereocenters.